The number of nitrogens with zero attached hydrogens (tertiary/aromatic N) is 1. The van der Waals surface area contributed by atoms with Crippen LogP contribution in [0.4, 0.5) is 4.39 Å². The first-order chi connectivity index (χ1) is 9.55. The predicted octanol–water partition coefficient (Wildman–Crippen LogP) is 2.49. The predicted molar refractivity (Wildman–Crippen MR) is 78.3 cm³/mol. The summed E-state index contributed by atoms with van der Waals surface area (Å²) in [6.45, 7) is 6.57. The molecule has 0 bridgehead atoms. The molecule has 0 spiro atoms. The molecule has 2 amide bonds. The van der Waals surface area contributed by atoms with Crippen molar-refractivity contribution in [3.8, 4) is 0 Å². The minimum atomic E-state index is -1.04. The number of halogens is 2. The van der Waals surface area contributed by atoms with Gasteiger partial charge in [0.25, 0.3) is 0 Å². The highest BCUT2D eigenvalue weighted by molar-refractivity contribution is 6.30. The minimum absolute atomic E-state index is 0.0195. The van der Waals surface area contributed by atoms with Gasteiger partial charge in [-0.3, -0.25) is 9.59 Å². The average molecular weight is 313 g/mol. The van der Waals surface area contributed by atoms with Crippen molar-refractivity contribution >= 4 is 23.4 Å². The molecule has 1 aromatic rings. The van der Waals surface area contributed by atoms with Crippen LogP contribution in [0.25, 0.3) is 0 Å². The van der Waals surface area contributed by atoms with Crippen molar-refractivity contribution < 1.29 is 14.0 Å². The van der Waals surface area contributed by atoms with Crippen LogP contribution in [0.3, 0.4) is 0 Å². The Bertz CT molecular complexity index is 614. The largest absolute Gasteiger partial charge is 0.340 e. The van der Waals surface area contributed by atoms with Gasteiger partial charge in [-0.1, -0.05) is 17.7 Å². The summed E-state index contributed by atoms with van der Waals surface area (Å²) in [6, 6.07) is 4.29. The third kappa shape index (κ3) is 2.75. The molecule has 0 saturated carbocycles. The van der Waals surface area contributed by atoms with Crippen LogP contribution in [-0.2, 0) is 16.1 Å². The highest BCUT2D eigenvalue weighted by Gasteiger charge is 2.50. The fraction of sp³-hybridized carbons (Fsp3) is 0.467. The number of rotatable bonds is 2. The van der Waals surface area contributed by atoms with E-state index in [-0.39, 0.29) is 18.4 Å². The fourth-order valence-electron chi connectivity index (χ4n) is 2.29. The molecule has 6 heteroatoms. The zero-order chi connectivity index (χ0) is 16.0. The summed E-state index contributed by atoms with van der Waals surface area (Å²) < 4.78 is 14.0. The van der Waals surface area contributed by atoms with Crippen LogP contribution in [0.2, 0.25) is 5.02 Å². The number of hydrogen-bond donors (Lipinski definition) is 1. The van der Waals surface area contributed by atoms with Crippen LogP contribution < -0.4 is 5.32 Å². The van der Waals surface area contributed by atoms with Gasteiger partial charge in [-0.05, 0) is 39.8 Å². The highest BCUT2D eigenvalue weighted by atomic mass is 35.5. The van der Waals surface area contributed by atoms with E-state index in [4.69, 9.17) is 11.6 Å². The van der Waals surface area contributed by atoms with E-state index in [1.807, 2.05) is 0 Å². The summed E-state index contributed by atoms with van der Waals surface area (Å²) in [5.41, 5.74) is -1.72. The quantitative estimate of drug-likeness (QED) is 0.912. The number of piperazine rings is 1. The molecule has 0 radical (unpaired) electrons. The minimum Gasteiger partial charge on any atom is -0.340 e. The summed E-state index contributed by atoms with van der Waals surface area (Å²) in [5, 5.41) is 2.98. The summed E-state index contributed by atoms with van der Waals surface area (Å²) in [5.74, 6) is -1.00. The van der Waals surface area contributed by atoms with Crippen molar-refractivity contribution in [2.45, 2.75) is 45.3 Å². The van der Waals surface area contributed by atoms with E-state index in [9.17, 15) is 14.0 Å². The molecule has 1 aromatic carbocycles. The molecule has 114 valence electrons. The van der Waals surface area contributed by atoms with Gasteiger partial charge < -0.3 is 10.2 Å². The van der Waals surface area contributed by atoms with Gasteiger partial charge >= 0.3 is 0 Å². The number of carbonyl (C=O) groups excluding carboxylic acids is 2. The van der Waals surface area contributed by atoms with Crippen LogP contribution in [0, 0.1) is 5.82 Å². The Morgan fingerprint density at radius 3 is 2.43 bits per heavy atom. The molecule has 1 fully saturated rings. The Hall–Kier alpha value is -1.62. The molecule has 0 atom stereocenters. The maximum atomic E-state index is 14.0. The molecule has 0 aromatic heterocycles. The lowest BCUT2D eigenvalue weighted by Crippen LogP contribution is -2.71. The van der Waals surface area contributed by atoms with Gasteiger partial charge in [0.1, 0.15) is 16.9 Å². The second-order valence-electron chi connectivity index (χ2n) is 6.27. The molecule has 4 nitrogen and oxygen atoms in total. The van der Waals surface area contributed by atoms with E-state index >= 15 is 0 Å². The van der Waals surface area contributed by atoms with Crippen molar-refractivity contribution in [1.29, 1.82) is 0 Å². The molecule has 1 aliphatic heterocycles. The van der Waals surface area contributed by atoms with Crippen LogP contribution in [0.1, 0.15) is 33.3 Å². The number of nitrogens with one attached hydrogen (secondary N) is 1. The normalized spacial score (nSPS) is 20.4. The Balaban J connectivity index is 2.39. The van der Waals surface area contributed by atoms with Gasteiger partial charge in [-0.2, -0.15) is 0 Å². The van der Waals surface area contributed by atoms with Crippen molar-refractivity contribution in [1.82, 2.24) is 10.2 Å². The van der Waals surface area contributed by atoms with Crippen molar-refractivity contribution in [2.24, 2.45) is 0 Å². The smallest absolute Gasteiger partial charge is 0.248 e. The number of hydrogen-bond acceptors (Lipinski definition) is 2. The molecule has 1 saturated heterocycles. The third-order valence-electron chi connectivity index (χ3n) is 3.78. The Labute approximate surface area is 128 Å². The highest BCUT2D eigenvalue weighted by Crippen LogP contribution is 2.28. The zero-order valence-electron chi connectivity index (χ0n) is 12.5. The maximum Gasteiger partial charge on any atom is 0.248 e. The molecule has 1 N–H and O–H groups in total. The average Bonchev–Trinajstić information content (AvgIpc) is 2.34. The Kier molecular flexibility index (Phi) is 3.74. The number of amides is 2. The molecule has 1 aliphatic rings. The van der Waals surface area contributed by atoms with E-state index in [1.54, 1.807) is 33.8 Å². The molecule has 0 unspecified atom stereocenters. The second-order valence-corrected chi connectivity index (χ2v) is 6.70. The van der Waals surface area contributed by atoms with E-state index in [0.717, 1.165) is 0 Å². The van der Waals surface area contributed by atoms with E-state index in [1.165, 1.54) is 17.0 Å². The van der Waals surface area contributed by atoms with E-state index in [2.05, 4.69) is 5.32 Å². The van der Waals surface area contributed by atoms with Gasteiger partial charge in [0, 0.05) is 17.1 Å². The van der Waals surface area contributed by atoms with Crippen molar-refractivity contribution in [3.63, 3.8) is 0 Å². The Morgan fingerprint density at radius 2 is 1.86 bits per heavy atom. The zero-order valence-corrected chi connectivity index (χ0v) is 13.2. The summed E-state index contributed by atoms with van der Waals surface area (Å²) in [6.07, 6.45) is 0. The van der Waals surface area contributed by atoms with E-state index in [0.29, 0.717) is 10.6 Å². The summed E-state index contributed by atoms with van der Waals surface area (Å²) in [4.78, 5) is 26.2. The second kappa shape index (κ2) is 4.98. The standard InChI is InChI=1S/C15H18ClFN2O2/c1-14(2)13(21)19(15(3,4)12(20)18-14)8-9-5-6-10(16)7-11(9)17/h5-7H,8H2,1-4H3,(H,18,20). The van der Waals surface area contributed by atoms with Crippen molar-refractivity contribution in [3.05, 3.63) is 34.6 Å². The van der Waals surface area contributed by atoms with Crippen LogP contribution >= 0.6 is 11.6 Å². The van der Waals surface area contributed by atoms with Gasteiger partial charge in [0.15, 0.2) is 0 Å². The monoisotopic (exact) mass is 312 g/mol. The SMILES string of the molecule is CC1(C)NC(=O)C(C)(C)N(Cc2ccc(Cl)cc2F)C1=O. The van der Waals surface area contributed by atoms with Gasteiger partial charge in [-0.25, -0.2) is 4.39 Å². The van der Waals surface area contributed by atoms with Crippen molar-refractivity contribution in [2.75, 3.05) is 0 Å². The number of benzene rings is 1. The molecular weight excluding hydrogens is 295 g/mol. The lowest BCUT2D eigenvalue weighted by atomic mass is 9.89. The van der Waals surface area contributed by atoms with Gasteiger partial charge in [-0.15, -0.1) is 0 Å². The molecule has 21 heavy (non-hydrogen) atoms. The summed E-state index contributed by atoms with van der Waals surface area (Å²) >= 11 is 5.73. The van der Waals surface area contributed by atoms with E-state index < -0.39 is 16.9 Å². The van der Waals surface area contributed by atoms with Crippen LogP contribution in [-0.4, -0.2) is 27.8 Å². The first kappa shape index (κ1) is 15.8. The first-order valence-corrected chi connectivity index (χ1v) is 7.02. The van der Waals surface area contributed by atoms with Crippen LogP contribution in [0.15, 0.2) is 18.2 Å². The molecule has 1 heterocycles. The summed E-state index contributed by atoms with van der Waals surface area (Å²) in [7, 11) is 0. The number of carbonyl (C=O) groups is 2. The Morgan fingerprint density at radius 1 is 1.24 bits per heavy atom. The maximum absolute atomic E-state index is 14.0. The van der Waals surface area contributed by atoms with Gasteiger partial charge in [0.05, 0.1) is 0 Å². The fourth-order valence-corrected chi connectivity index (χ4v) is 2.45. The molecule has 0 aliphatic carbocycles. The third-order valence-corrected chi connectivity index (χ3v) is 4.01. The lowest BCUT2D eigenvalue weighted by molar-refractivity contribution is -0.160. The van der Waals surface area contributed by atoms with Crippen LogP contribution in [0.5, 0.6) is 0 Å². The topological polar surface area (TPSA) is 49.4 Å². The molecule has 2 rings (SSSR count). The van der Waals surface area contributed by atoms with Gasteiger partial charge in [0.2, 0.25) is 11.8 Å². The lowest BCUT2D eigenvalue weighted by Gasteiger charge is -2.47. The first-order valence-electron chi connectivity index (χ1n) is 6.64. The molecular formula is C15H18ClFN2O2.